The molecule has 1 aromatic carbocycles. The smallest absolute Gasteiger partial charge is 0.240 e. The van der Waals surface area contributed by atoms with Crippen molar-refractivity contribution >= 4 is 21.6 Å². The number of quaternary nitrogens is 1. The van der Waals surface area contributed by atoms with E-state index in [4.69, 9.17) is 4.74 Å². The summed E-state index contributed by atoms with van der Waals surface area (Å²) in [5.41, 5.74) is 1.53. The average molecular weight is 356 g/mol. The molecule has 1 heterocycles. The van der Waals surface area contributed by atoms with Crippen molar-refractivity contribution in [2.24, 2.45) is 0 Å². The number of hydrogen-bond donors (Lipinski definition) is 2. The topological polar surface area (TPSA) is 80.2 Å². The molecule has 0 radical (unpaired) electrons. The Morgan fingerprint density at radius 3 is 2.46 bits per heavy atom. The summed E-state index contributed by atoms with van der Waals surface area (Å²) < 4.78 is 30.4. The molecule has 1 aromatic rings. The summed E-state index contributed by atoms with van der Waals surface area (Å²) in [7, 11) is -3.52. The summed E-state index contributed by atoms with van der Waals surface area (Å²) in [6, 6.07) is 7.07. The highest BCUT2D eigenvalue weighted by atomic mass is 32.2. The number of nitrogens with zero attached hydrogens (tertiary/aromatic N) is 1. The van der Waals surface area contributed by atoms with Gasteiger partial charge in [-0.3, -0.25) is 9.10 Å². The number of nitrogens with one attached hydrogen (secondary N) is 2. The zero-order valence-corrected chi connectivity index (χ0v) is 15.1. The predicted molar refractivity (Wildman–Crippen MR) is 92.8 cm³/mol. The van der Waals surface area contributed by atoms with Gasteiger partial charge in [-0.1, -0.05) is 17.7 Å². The summed E-state index contributed by atoms with van der Waals surface area (Å²) in [4.78, 5) is 13.5. The fourth-order valence-corrected chi connectivity index (χ4v) is 3.44. The standard InChI is InChI=1S/C16H25N3O4S/c1-14-3-5-15(6-4-14)19(24(2,21)22)13-16(20)17-7-8-18-9-11-23-12-10-18/h3-6H,7-13H2,1-2H3,(H,17,20)/p+1. The predicted octanol–water partition coefficient (Wildman–Crippen LogP) is -1.21. The third kappa shape index (κ3) is 5.77. The van der Waals surface area contributed by atoms with Crippen LogP contribution in [0.4, 0.5) is 5.69 Å². The van der Waals surface area contributed by atoms with Crippen molar-refractivity contribution in [3.8, 4) is 0 Å². The fourth-order valence-electron chi connectivity index (χ4n) is 2.59. The number of rotatable bonds is 7. The number of hydrogen-bond acceptors (Lipinski definition) is 4. The van der Waals surface area contributed by atoms with E-state index in [0.717, 1.165) is 49.0 Å². The van der Waals surface area contributed by atoms with Gasteiger partial charge in [0.25, 0.3) is 0 Å². The van der Waals surface area contributed by atoms with Gasteiger partial charge in [0, 0.05) is 0 Å². The van der Waals surface area contributed by atoms with Crippen molar-refractivity contribution in [1.82, 2.24) is 5.32 Å². The van der Waals surface area contributed by atoms with E-state index >= 15 is 0 Å². The number of amides is 1. The lowest BCUT2D eigenvalue weighted by Crippen LogP contribution is -3.14. The summed E-state index contributed by atoms with van der Waals surface area (Å²) in [6.07, 6.45) is 1.11. The zero-order chi connectivity index (χ0) is 17.6. The SMILES string of the molecule is Cc1ccc(N(CC(=O)NCC[NH+]2CCOCC2)S(C)(=O)=O)cc1. The first-order valence-corrected chi connectivity index (χ1v) is 9.93. The molecule has 0 aromatic heterocycles. The van der Waals surface area contributed by atoms with Crippen molar-refractivity contribution in [2.45, 2.75) is 6.92 Å². The van der Waals surface area contributed by atoms with E-state index in [1.54, 1.807) is 12.1 Å². The van der Waals surface area contributed by atoms with E-state index in [1.807, 2.05) is 19.1 Å². The van der Waals surface area contributed by atoms with Crippen LogP contribution in [0.15, 0.2) is 24.3 Å². The van der Waals surface area contributed by atoms with E-state index in [2.05, 4.69) is 5.32 Å². The van der Waals surface area contributed by atoms with Crippen molar-refractivity contribution in [3.63, 3.8) is 0 Å². The molecule has 7 nitrogen and oxygen atoms in total. The lowest BCUT2D eigenvalue weighted by molar-refractivity contribution is -0.906. The molecule has 1 aliphatic heterocycles. The monoisotopic (exact) mass is 356 g/mol. The van der Waals surface area contributed by atoms with Crippen LogP contribution in [0.1, 0.15) is 5.56 Å². The third-order valence-corrected chi connectivity index (χ3v) is 5.15. The van der Waals surface area contributed by atoms with Gasteiger partial charge in [0.2, 0.25) is 15.9 Å². The first-order chi connectivity index (χ1) is 11.4. The molecule has 2 rings (SSSR count). The van der Waals surface area contributed by atoms with E-state index in [1.165, 1.54) is 4.90 Å². The summed E-state index contributed by atoms with van der Waals surface area (Å²) in [6.45, 7) is 6.44. The van der Waals surface area contributed by atoms with Crippen LogP contribution in [0.25, 0.3) is 0 Å². The molecule has 0 aliphatic carbocycles. The van der Waals surface area contributed by atoms with Gasteiger partial charge in [-0.15, -0.1) is 0 Å². The maximum absolute atomic E-state index is 12.1. The normalized spacial score (nSPS) is 15.9. The highest BCUT2D eigenvalue weighted by molar-refractivity contribution is 7.92. The number of carbonyl (C=O) groups excluding carboxylic acids is 1. The van der Waals surface area contributed by atoms with Gasteiger partial charge in [0.15, 0.2) is 0 Å². The highest BCUT2D eigenvalue weighted by Gasteiger charge is 2.21. The van der Waals surface area contributed by atoms with Gasteiger partial charge < -0.3 is 15.0 Å². The lowest BCUT2D eigenvalue weighted by atomic mass is 10.2. The van der Waals surface area contributed by atoms with Crippen LogP contribution < -0.4 is 14.5 Å². The van der Waals surface area contributed by atoms with Gasteiger partial charge in [-0.05, 0) is 19.1 Å². The molecule has 1 saturated heterocycles. The number of anilines is 1. The average Bonchev–Trinajstić information content (AvgIpc) is 2.54. The second-order valence-electron chi connectivity index (χ2n) is 6.07. The molecule has 8 heteroatoms. The number of benzene rings is 1. The molecule has 0 saturated carbocycles. The number of sulfonamides is 1. The summed E-state index contributed by atoms with van der Waals surface area (Å²) in [5.74, 6) is -0.298. The number of carbonyl (C=O) groups is 1. The Labute approximate surface area is 143 Å². The van der Waals surface area contributed by atoms with E-state index in [9.17, 15) is 13.2 Å². The Balaban J connectivity index is 1.89. The van der Waals surface area contributed by atoms with Crippen molar-refractivity contribution in [3.05, 3.63) is 29.8 Å². The summed E-state index contributed by atoms with van der Waals surface area (Å²) in [5, 5.41) is 2.81. The number of morpholine rings is 1. The molecule has 2 N–H and O–H groups in total. The Hall–Kier alpha value is -1.64. The Morgan fingerprint density at radius 1 is 1.25 bits per heavy atom. The Kier molecular flexibility index (Phi) is 6.59. The second kappa shape index (κ2) is 8.46. The van der Waals surface area contributed by atoms with E-state index in [0.29, 0.717) is 12.2 Å². The highest BCUT2D eigenvalue weighted by Crippen LogP contribution is 2.17. The molecule has 0 atom stereocenters. The Morgan fingerprint density at radius 2 is 1.88 bits per heavy atom. The van der Waals surface area contributed by atoms with Gasteiger partial charge in [0.1, 0.15) is 19.6 Å². The first kappa shape index (κ1) is 18.7. The third-order valence-electron chi connectivity index (χ3n) is 4.01. The minimum atomic E-state index is -3.52. The zero-order valence-electron chi connectivity index (χ0n) is 14.2. The molecule has 0 unspecified atom stereocenters. The maximum atomic E-state index is 12.1. The molecule has 1 amide bonds. The lowest BCUT2D eigenvalue weighted by Gasteiger charge is -2.24. The number of aryl methyl sites for hydroxylation is 1. The molecule has 0 bridgehead atoms. The van der Waals surface area contributed by atoms with Crippen LogP contribution in [0.5, 0.6) is 0 Å². The molecule has 24 heavy (non-hydrogen) atoms. The van der Waals surface area contributed by atoms with Crippen LogP contribution in [-0.4, -0.2) is 66.5 Å². The van der Waals surface area contributed by atoms with Crippen molar-refractivity contribution in [2.75, 3.05) is 56.5 Å². The minimum Gasteiger partial charge on any atom is -0.370 e. The van der Waals surface area contributed by atoms with Crippen LogP contribution in [-0.2, 0) is 19.6 Å². The second-order valence-corrected chi connectivity index (χ2v) is 7.97. The van der Waals surface area contributed by atoms with Crippen molar-refractivity contribution < 1.29 is 22.8 Å². The Bertz CT molecular complexity index is 640. The van der Waals surface area contributed by atoms with Crippen molar-refractivity contribution in [1.29, 1.82) is 0 Å². The molecular weight excluding hydrogens is 330 g/mol. The molecule has 1 aliphatic rings. The van der Waals surface area contributed by atoms with Gasteiger partial charge >= 0.3 is 0 Å². The number of ether oxygens (including phenoxy) is 1. The first-order valence-electron chi connectivity index (χ1n) is 8.08. The van der Waals surface area contributed by atoms with Crippen LogP contribution in [0.2, 0.25) is 0 Å². The van der Waals surface area contributed by atoms with Crippen LogP contribution in [0.3, 0.4) is 0 Å². The fraction of sp³-hybridized carbons (Fsp3) is 0.562. The van der Waals surface area contributed by atoms with Gasteiger partial charge in [-0.2, -0.15) is 0 Å². The summed E-state index contributed by atoms with van der Waals surface area (Å²) >= 11 is 0. The van der Waals surface area contributed by atoms with Gasteiger partial charge in [-0.25, -0.2) is 8.42 Å². The maximum Gasteiger partial charge on any atom is 0.240 e. The quantitative estimate of drug-likeness (QED) is 0.643. The van der Waals surface area contributed by atoms with Gasteiger partial charge in [0.05, 0.1) is 38.2 Å². The van der Waals surface area contributed by atoms with Crippen LogP contribution >= 0.6 is 0 Å². The van der Waals surface area contributed by atoms with Crippen LogP contribution in [0, 0.1) is 6.92 Å². The molecule has 0 spiro atoms. The molecule has 1 fully saturated rings. The van der Waals surface area contributed by atoms with E-state index in [-0.39, 0.29) is 12.5 Å². The van der Waals surface area contributed by atoms with E-state index < -0.39 is 10.0 Å². The minimum absolute atomic E-state index is 0.208. The largest absolute Gasteiger partial charge is 0.370 e. The molecule has 134 valence electrons. The molecular formula is C16H26N3O4S+.